The minimum Gasteiger partial charge on any atom is -0.506 e. The fourth-order valence-electron chi connectivity index (χ4n) is 8.46. The number of phenolic OH excluding ortho intramolecular Hbond substituents is 1. The molecule has 0 radical (unpaired) electrons. The van der Waals surface area contributed by atoms with Gasteiger partial charge >= 0.3 is 0 Å². The smallest absolute Gasteiger partial charge is 0.235 e. The lowest BCUT2D eigenvalue weighted by Crippen LogP contribution is -2.74. The normalized spacial score (nSPS) is 25.8. The standard InChI is InChI=1S/C39H47N5O8/c1-41(2)14-15-44(19-21-10-8-7-9-11-21)20-23-12-13-28(52-23)25-18-27(42(3)4)24-16-22-17-26-32(43(5)6)35(47)31(38(40)50)37(49)39(26,51)36(48)29(22)34(46)30(24)33(25)45/h7-13,18,22,26,29,31-32,45,51H,14-17,19-20H2,1-6H3,(H2,40,50)/t22-,26-,29?,31?,32-,39-/m1/s1. The Kier molecular flexibility index (Phi) is 10.0. The Hall–Kier alpha value is -4.69. The number of fused-ring (bicyclic) bond motifs is 3. The van der Waals surface area contributed by atoms with Gasteiger partial charge in [0.2, 0.25) is 5.91 Å². The number of carbonyl (C=O) groups is 5. The van der Waals surface area contributed by atoms with Crippen LogP contribution >= 0.6 is 0 Å². The number of furan rings is 1. The Morgan fingerprint density at radius 2 is 1.63 bits per heavy atom. The molecule has 2 fully saturated rings. The summed E-state index contributed by atoms with van der Waals surface area (Å²) in [5.74, 6) is -9.93. The summed E-state index contributed by atoms with van der Waals surface area (Å²) in [5, 5.41) is 23.8. The molecule has 13 nitrogen and oxygen atoms in total. The van der Waals surface area contributed by atoms with Gasteiger partial charge in [-0.15, -0.1) is 0 Å². The highest BCUT2D eigenvalue weighted by atomic mass is 16.3. The molecule has 2 aromatic carbocycles. The summed E-state index contributed by atoms with van der Waals surface area (Å²) in [7, 11) is 10.8. The van der Waals surface area contributed by atoms with Gasteiger partial charge in [-0.1, -0.05) is 30.3 Å². The molecule has 2 unspecified atom stereocenters. The first kappa shape index (κ1) is 37.1. The summed E-state index contributed by atoms with van der Waals surface area (Å²) in [6.07, 6.45) is 0.144. The first-order valence-corrected chi connectivity index (χ1v) is 17.5. The minimum absolute atomic E-state index is 0.0197. The van der Waals surface area contributed by atoms with Gasteiger partial charge in [-0.05, 0) is 76.3 Å². The largest absolute Gasteiger partial charge is 0.506 e. The Bertz CT molecular complexity index is 1920. The Labute approximate surface area is 302 Å². The van der Waals surface area contributed by atoms with Crippen molar-refractivity contribution in [3.63, 3.8) is 0 Å². The highest BCUT2D eigenvalue weighted by molar-refractivity contribution is 6.32. The van der Waals surface area contributed by atoms with E-state index in [1.807, 2.05) is 57.4 Å². The summed E-state index contributed by atoms with van der Waals surface area (Å²) >= 11 is 0. The SMILES string of the molecule is CN(C)CCN(Cc1ccccc1)Cc1ccc(-c2cc(N(C)C)c3c(c2O)C(=O)C2C(=O)[C@@]4(O)C(=O)C(C(N)=O)C(=O)[C@H](N(C)C)[C@H]4C[C@H]2C3)o1. The average Bonchev–Trinajstić information content (AvgIpc) is 3.53. The molecular weight excluding hydrogens is 666 g/mol. The molecule has 1 heterocycles. The fourth-order valence-corrected chi connectivity index (χ4v) is 8.46. The van der Waals surface area contributed by atoms with Crippen molar-refractivity contribution in [1.29, 1.82) is 0 Å². The fraction of sp³-hybridized carbons (Fsp3) is 0.462. The lowest BCUT2D eigenvalue weighted by molar-refractivity contribution is -0.181. The number of Topliss-reactive ketones (excluding diaryl/α,β-unsaturated/α-hetero) is 4. The van der Waals surface area contributed by atoms with E-state index >= 15 is 0 Å². The predicted molar refractivity (Wildman–Crippen MR) is 192 cm³/mol. The summed E-state index contributed by atoms with van der Waals surface area (Å²) in [4.78, 5) is 75.8. The Morgan fingerprint density at radius 1 is 0.942 bits per heavy atom. The van der Waals surface area contributed by atoms with Gasteiger partial charge in [0.05, 0.1) is 29.6 Å². The highest BCUT2D eigenvalue weighted by Crippen LogP contribution is 2.53. The van der Waals surface area contributed by atoms with E-state index in [4.69, 9.17) is 10.2 Å². The number of hydrogen-bond acceptors (Lipinski definition) is 12. The van der Waals surface area contributed by atoms with Gasteiger partial charge in [-0.3, -0.25) is 33.8 Å². The summed E-state index contributed by atoms with van der Waals surface area (Å²) in [6, 6.07) is 14.3. The zero-order valence-corrected chi connectivity index (χ0v) is 30.5. The molecule has 4 N–H and O–H groups in total. The van der Waals surface area contributed by atoms with Crippen molar-refractivity contribution >= 4 is 34.7 Å². The number of benzene rings is 2. The maximum atomic E-state index is 14.5. The zero-order chi connectivity index (χ0) is 37.8. The van der Waals surface area contributed by atoms with E-state index < -0.39 is 64.4 Å². The number of anilines is 1. The Balaban J connectivity index is 1.37. The first-order chi connectivity index (χ1) is 24.6. The third-order valence-electron chi connectivity index (χ3n) is 10.9. The minimum atomic E-state index is -2.79. The molecule has 0 spiro atoms. The summed E-state index contributed by atoms with van der Waals surface area (Å²) < 4.78 is 6.32. The van der Waals surface area contributed by atoms with Gasteiger partial charge in [0.1, 0.15) is 17.3 Å². The van der Waals surface area contributed by atoms with E-state index in [2.05, 4.69) is 21.9 Å². The van der Waals surface area contributed by atoms with Crippen LogP contribution in [-0.2, 0) is 38.7 Å². The van der Waals surface area contributed by atoms with Crippen LogP contribution in [0.2, 0.25) is 0 Å². The van der Waals surface area contributed by atoms with Crippen LogP contribution in [0.5, 0.6) is 5.75 Å². The number of aliphatic hydroxyl groups is 1. The second-order valence-corrected chi connectivity index (χ2v) is 15.1. The lowest BCUT2D eigenvalue weighted by atomic mass is 9.52. The molecule has 1 aromatic heterocycles. The number of nitrogens with zero attached hydrogens (tertiary/aromatic N) is 4. The van der Waals surface area contributed by atoms with E-state index in [1.54, 1.807) is 26.2 Å². The van der Waals surface area contributed by atoms with Crippen LogP contribution in [0.25, 0.3) is 11.3 Å². The predicted octanol–water partition coefficient (Wildman–Crippen LogP) is 1.76. The number of nitrogens with two attached hydrogens (primary N) is 1. The zero-order valence-electron chi connectivity index (χ0n) is 30.5. The molecule has 0 aliphatic heterocycles. The van der Waals surface area contributed by atoms with Crippen molar-refractivity contribution in [2.45, 2.75) is 37.6 Å². The monoisotopic (exact) mass is 713 g/mol. The number of carbonyl (C=O) groups excluding carboxylic acids is 5. The van der Waals surface area contributed by atoms with Crippen LogP contribution in [-0.4, -0.2) is 121 Å². The quantitative estimate of drug-likeness (QED) is 0.246. The molecule has 276 valence electrons. The van der Waals surface area contributed by atoms with Gasteiger partial charge < -0.3 is 30.2 Å². The molecule has 2 saturated carbocycles. The average molecular weight is 714 g/mol. The van der Waals surface area contributed by atoms with Crippen LogP contribution in [0.3, 0.4) is 0 Å². The van der Waals surface area contributed by atoms with E-state index in [-0.39, 0.29) is 29.7 Å². The molecule has 3 aliphatic rings. The number of aromatic hydroxyl groups is 1. The highest BCUT2D eigenvalue weighted by Gasteiger charge is 2.69. The molecule has 13 heteroatoms. The molecule has 1 amide bonds. The van der Waals surface area contributed by atoms with Crippen LogP contribution < -0.4 is 10.6 Å². The number of amides is 1. The second kappa shape index (κ2) is 14.0. The molecule has 0 saturated heterocycles. The summed E-state index contributed by atoms with van der Waals surface area (Å²) in [5.41, 5.74) is 5.14. The summed E-state index contributed by atoms with van der Waals surface area (Å²) in [6.45, 7) is 2.79. The van der Waals surface area contributed by atoms with Gasteiger partial charge in [-0.25, -0.2) is 0 Å². The number of ketones is 4. The third-order valence-corrected chi connectivity index (χ3v) is 10.9. The van der Waals surface area contributed by atoms with E-state index in [0.29, 0.717) is 35.9 Å². The molecular formula is C39H47N5O8. The number of rotatable bonds is 11. The van der Waals surface area contributed by atoms with Crippen molar-refractivity contribution in [3.05, 3.63) is 71.0 Å². The molecule has 52 heavy (non-hydrogen) atoms. The first-order valence-electron chi connectivity index (χ1n) is 17.5. The lowest BCUT2D eigenvalue weighted by Gasteiger charge is -2.52. The van der Waals surface area contributed by atoms with E-state index in [1.165, 1.54) is 4.90 Å². The van der Waals surface area contributed by atoms with Crippen LogP contribution in [0.15, 0.2) is 52.9 Å². The van der Waals surface area contributed by atoms with Crippen molar-refractivity contribution in [3.8, 4) is 17.1 Å². The molecule has 6 rings (SSSR count). The van der Waals surface area contributed by atoms with Crippen molar-refractivity contribution in [2.75, 3.05) is 60.3 Å². The third kappa shape index (κ3) is 6.25. The van der Waals surface area contributed by atoms with Crippen molar-refractivity contribution in [1.82, 2.24) is 14.7 Å². The van der Waals surface area contributed by atoms with Gasteiger partial charge in [0.25, 0.3) is 0 Å². The van der Waals surface area contributed by atoms with E-state index in [9.17, 15) is 34.2 Å². The van der Waals surface area contributed by atoms with Gasteiger partial charge in [-0.2, -0.15) is 0 Å². The maximum Gasteiger partial charge on any atom is 0.235 e. The van der Waals surface area contributed by atoms with Crippen LogP contribution in [0, 0.1) is 23.7 Å². The maximum absolute atomic E-state index is 14.5. The second-order valence-electron chi connectivity index (χ2n) is 15.1. The molecule has 0 bridgehead atoms. The van der Waals surface area contributed by atoms with Crippen LogP contribution in [0.4, 0.5) is 5.69 Å². The molecule has 3 aliphatic carbocycles. The topological polar surface area (TPSA) is 178 Å². The van der Waals surface area contributed by atoms with Gasteiger partial charge in [0.15, 0.2) is 34.7 Å². The van der Waals surface area contributed by atoms with Gasteiger partial charge in [0, 0.05) is 45.3 Å². The van der Waals surface area contributed by atoms with Crippen molar-refractivity contribution in [2.24, 2.45) is 29.4 Å². The van der Waals surface area contributed by atoms with Crippen LogP contribution in [0.1, 0.15) is 33.7 Å². The van der Waals surface area contributed by atoms with Crippen molar-refractivity contribution < 1.29 is 38.6 Å². The molecule has 3 aromatic rings. The number of primary amides is 1. The number of likely N-dealkylation sites (N-methyl/N-ethyl adjacent to an activating group) is 2. The van der Waals surface area contributed by atoms with E-state index in [0.717, 1.165) is 18.7 Å². The number of hydrogen-bond donors (Lipinski definition) is 3. The number of phenols is 1. The molecule has 6 atom stereocenters. The Morgan fingerprint density at radius 3 is 2.25 bits per heavy atom.